The van der Waals surface area contributed by atoms with Gasteiger partial charge in [-0.25, -0.2) is 9.07 Å². The number of aromatic nitrogens is 2. The Hall–Kier alpha value is -2.70. The van der Waals surface area contributed by atoms with Crippen molar-refractivity contribution in [3.05, 3.63) is 48.0 Å². The fourth-order valence-electron chi connectivity index (χ4n) is 1.74. The van der Waals surface area contributed by atoms with E-state index in [9.17, 15) is 14.0 Å². The van der Waals surface area contributed by atoms with E-state index in [1.54, 1.807) is 18.3 Å². The minimum atomic E-state index is -0.903. The van der Waals surface area contributed by atoms with Gasteiger partial charge in [0, 0.05) is 19.2 Å². The molecule has 2 N–H and O–H groups in total. The van der Waals surface area contributed by atoms with Crippen molar-refractivity contribution in [1.29, 1.82) is 0 Å². The third-order valence-electron chi connectivity index (χ3n) is 2.75. The molecule has 0 bridgehead atoms. The number of rotatable bonds is 6. The van der Waals surface area contributed by atoms with E-state index < -0.39 is 11.9 Å². The minimum absolute atomic E-state index is 0.00197. The lowest BCUT2D eigenvalue weighted by atomic mass is 10.3. The summed E-state index contributed by atoms with van der Waals surface area (Å²) in [6, 6.07) is 7.37. The molecule has 1 heterocycles. The Bertz CT molecular complexity index is 654. The van der Waals surface area contributed by atoms with Gasteiger partial charge in [0.2, 0.25) is 0 Å². The quantitative estimate of drug-likeness (QED) is 0.792. The Morgan fingerprint density at radius 1 is 1.33 bits per heavy atom. The van der Waals surface area contributed by atoms with Crippen LogP contribution in [-0.2, 0) is 4.79 Å². The molecule has 0 saturated heterocycles. The molecule has 1 aromatic heterocycles. The molecule has 0 aliphatic carbocycles. The number of carbonyl (C=O) groups is 2. The molecule has 2 aromatic rings. The third-order valence-corrected chi connectivity index (χ3v) is 2.75. The van der Waals surface area contributed by atoms with Crippen LogP contribution in [0.4, 0.5) is 4.39 Å². The highest BCUT2D eigenvalue weighted by molar-refractivity contribution is 5.92. The summed E-state index contributed by atoms with van der Waals surface area (Å²) < 4.78 is 14.5. The number of carboxylic acid groups (broad SMARTS) is 1. The normalized spacial score (nSPS) is 10.3. The van der Waals surface area contributed by atoms with Gasteiger partial charge in [-0.3, -0.25) is 9.59 Å². The molecule has 0 radical (unpaired) electrons. The molecule has 6 nitrogen and oxygen atoms in total. The Labute approximate surface area is 120 Å². The van der Waals surface area contributed by atoms with Crippen LogP contribution in [0, 0.1) is 5.82 Å². The van der Waals surface area contributed by atoms with Gasteiger partial charge in [-0.1, -0.05) is 6.07 Å². The van der Waals surface area contributed by atoms with Crippen molar-refractivity contribution in [2.45, 2.75) is 12.8 Å². The third kappa shape index (κ3) is 4.13. The summed E-state index contributed by atoms with van der Waals surface area (Å²) in [4.78, 5) is 22.1. The molecule has 1 amide bonds. The highest BCUT2D eigenvalue weighted by Crippen LogP contribution is 2.09. The van der Waals surface area contributed by atoms with Crippen LogP contribution in [0.5, 0.6) is 0 Å². The predicted molar refractivity (Wildman–Crippen MR) is 72.7 cm³/mol. The van der Waals surface area contributed by atoms with E-state index in [0.29, 0.717) is 12.1 Å². The molecule has 1 aromatic carbocycles. The molecule has 0 saturated carbocycles. The number of amides is 1. The Morgan fingerprint density at radius 3 is 2.86 bits per heavy atom. The van der Waals surface area contributed by atoms with Crippen molar-refractivity contribution in [2.24, 2.45) is 0 Å². The number of benzene rings is 1. The van der Waals surface area contributed by atoms with Crippen LogP contribution in [0.3, 0.4) is 0 Å². The Kier molecular flexibility index (Phi) is 4.65. The molecule has 0 spiro atoms. The second-order valence-corrected chi connectivity index (χ2v) is 4.38. The molecule has 0 fully saturated rings. The Balaban J connectivity index is 1.96. The fraction of sp³-hybridized carbons (Fsp3) is 0.214. The zero-order valence-electron chi connectivity index (χ0n) is 11.1. The van der Waals surface area contributed by atoms with Crippen LogP contribution in [0.15, 0.2) is 36.5 Å². The van der Waals surface area contributed by atoms with Gasteiger partial charge in [0.25, 0.3) is 5.91 Å². The van der Waals surface area contributed by atoms with Gasteiger partial charge in [0.05, 0.1) is 5.69 Å². The second kappa shape index (κ2) is 6.65. The minimum Gasteiger partial charge on any atom is -0.481 e. The summed E-state index contributed by atoms with van der Waals surface area (Å²) >= 11 is 0. The highest BCUT2D eigenvalue weighted by Gasteiger charge is 2.10. The molecule has 0 unspecified atom stereocenters. The van der Waals surface area contributed by atoms with E-state index in [1.165, 1.54) is 22.9 Å². The van der Waals surface area contributed by atoms with Gasteiger partial charge in [0.1, 0.15) is 5.82 Å². The molecule has 7 heteroatoms. The second-order valence-electron chi connectivity index (χ2n) is 4.38. The first-order valence-corrected chi connectivity index (χ1v) is 6.38. The summed E-state index contributed by atoms with van der Waals surface area (Å²) in [6.45, 7) is 0.262. The smallest absolute Gasteiger partial charge is 0.303 e. The largest absolute Gasteiger partial charge is 0.481 e. The monoisotopic (exact) mass is 291 g/mol. The van der Waals surface area contributed by atoms with Crippen molar-refractivity contribution in [3.8, 4) is 5.69 Å². The van der Waals surface area contributed by atoms with E-state index in [0.717, 1.165) is 0 Å². The van der Waals surface area contributed by atoms with Crippen LogP contribution in [0.25, 0.3) is 5.69 Å². The Morgan fingerprint density at radius 2 is 2.14 bits per heavy atom. The van der Waals surface area contributed by atoms with Crippen molar-refractivity contribution in [1.82, 2.24) is 15.1 Å². The number of nitrogens with one attached hydrogen (secondary N) is 1. The molecule has 2 rings (SSSR count). The maximum Gasteiger partial charge on any atom is 0.303 e. The van der Waals surface area contributed by atoms with Crippen molar-refractivity contribution < 1.29 is 19.1 Å². The van der Waals surface area contributed by atoms with Crippen molar-refractivity contribution >= 4 is 11.9 Å². The van der Waals surface area contributed by atoms with E-state index >= 15 is 0 Å². The number of hydrogen-bond acceptors (Lipinski definition) is 3. The van der Waals surface area contributed by atoms with E-state index in [-0.39, 0.29) is 24.5 Å². The average Bonchev–Trinajstić information content (AvgIpc) is 2.93. The zero-order valence-corrected chi connectivity index (χ0v) is 11.1. The maximum absolute atomic E-state index is 13.1. The number of hydrogen-bond donors (Lipinski definition) is 2. The van der Waals surface area contributed by atoms with Crippen molar-refractivity contribution in [2.75, 3.05) is 6.54 Å². The van der Waals surface area contributed by atoms with Gasteiger partial charge >= 0.3 is 5.97 Å². The van der Waals surface area contributed by atoms with Crippen molar-refractivity contribution in [3.63, 3.8) is 0 Å². The summed E-state index contributed by atoms with van der Waals surface area (Å²) in [6.07, 6.45) is 1.91. The van der Waals surface area contributed by atoms with Crippen LogP contribution >= 0.6 is 0 Å². The topological polar surface area (TPSA) is 84.2 Å². The summed E-state index contributed by atoms with van der Waals surface area (Å²) in [5.74, 6) is -1.68. The maximum atomic E-state index is 13.1. The lowest BCUT2D eigenvalue weighted by Gasteiger charge is -2.02. The highest BCUT2D eigenvalue weighted by atomic mass is 19.1. The fourth-order valence-corrected chi connectivity index (χ4v) is 1.74. The first kappa shape index (κ1) is 14.7. The standard InChI is InChI=1S/C14H14FN3O3/c15-10-3-1-4-11(9-10)18-8-6-12(17-18)14(21)16-7-2-5-13(19)20/h1,3-4,6,8-9H,2,5,7H2,(H,16,21)(H,19,20). The van der Waals surface area contributed by atoms with Crippen LogP contribution < -0.4 is 5.32 Å². The van der Waals surface area contributed by atoms with E-state index in [2.05, 4.69) is 10.4 Å². The molecule has 110 valence electrons. The van der Waals surface area contributed by atoms with E-state index in [4.69, 9.17) is 5.11 Å². The summed E-state index contributed by atoms with van der Waals surface area (Å²) in [5.41, 5.74) is 0.703. The first-order valence-electron chi connectivity index (χ1n) is 6.38. The van der Waals surface area contributed by atoms with Gasteiger partial charge in [-0.05, 0) is 30.7 Å². The lowest BCUT2D eigenvalue weighted by Crippen LogP contribution is -2.25. The summed E-state index contributed by atoms with van der Waals surface area (Å²) in [7, 11) is 0. The number of carboxylic acids is 1. The van der Waals surface area contributed by atoms with Crippen LogP contribution in [0.2, 0.25) is 0 Å². The first-order chi connectivity index (χ1) is 10.1. The molecule has 21 heavy (non-hydrogen) atoms. The van der Waals surface area contributed by atoms with E-state index in [1.807, 2.05) is 0 Å². The molecule has 0 aliphatic rings. The van der Waals surface area contributed by atoms with Gasteiger partial charge in [0.15, 0.2) is 5.69 Å². The number of halogens is 1. The van der Waals surface area contributed by atoms with Crippen LogP contribution in [0.1, 0.15) is 23.3 Å². The van der Waals surface area contributed by atoms with Gasteiger partial charge in [-0.2, -0.15) is 5.10 Å². The number of carbonyl (C=O) groups excluding carboxylic acids is 1. The van der Waals surface area contributed by atoms with Gasteiger partial charge < -0.3 is 10.4 Å². The lowest BCUT2D eigenvalue weighted by molar-refractivity contribution is -0.137. The average molecular weight is 291 g/mol. The molecular formula is C14H14FN3O3. The SMILES string of the molecule is O=C(O)CCCNC(=O)c1ccn(-c2cccc(F)c2)n1. The predicted octanol–water partition coefficient (Wildman–Crippen LogP) is 1.61. The zero-order chi connectivity index (χ0) is 15.2. The van der Waals surface area contributed by atoms with Crippen LogP contribution in [-0.4, -0.2) is 33.3 Å². The molecule has 0 aliphatic heterocycles. The van der Waals surface area contributed by atoms with Gasteiger partial charge in [-0.15, -0.1) is 0 Å². The molecular weight excluding hydrogens is 277 g/mol. The number of aliphatic carboxylic acids is 1. The molecule has 0 atom stereocenters. The number of nitrogens with zero attached hydrogens (tertiary/aromatic N) is 2. The summed E-state index contributed by atoms with van der Waals surface area (Å²) in [5, 5.41) is 15.1.